The molecular formula is C35H35N5O6. The second kappa shape index (κ2) is 13.6. The number of Topliss-reactive ketones (excluding diaryl/α,β-unsaturated/α-hetero) is 1. The lowest BCUT2D eigenvalue weighted by Gasteiger charge is -2.24. The number of pyridine rings is 2. The molecule has 236 valence electrons. The second-order valence-electron chi connectivity index (χ2n) is 11.7. The van der Waals surface area contributed by atoms with Gasteiger partial charge in [-0.2, -0.15) is 5.26 Å². The van der Waals surface area contributed by atoms with Crippen molar-refractivity contribution in [1.82, 2.24) is 20.3 Å². The Balaban J connectivity index is 1.36. The summed E-state index contributed by atoms with van der Waals surface area (Å²) in [6.45, 7) is 5.49. The molecule has 0 unspecified atom stereocenters. The minimum Gasteiger partial charge on any atom is -0.493 e. The predicted molar refractivity (Wildman–Crippen MR) is 172 cm³/mol. The summed E-state index contributed by atoms with van der Waals surface area (Å²) < 4.78 is 22.4. The van der Waals surface area contributed by atoms with Crippen molar-refractivity contribution in [2.24, 2.45) is 0 Å². The number of ketones is 1. The molecule has 0 spiro atoms. The highest BCUT2D eigenvalue weighted by molar-refractivity contribution is 6.00. The van der Waals surface area contributed by atoms with Gasteiger partial charge in [-0.05, 0) is 56.5 Å². The van der Waals surface area contributed by atoms with E-state index >= 15 is 0 Å². The second-order valence-corrected chi connectivity index (χ2v) is 11.7. The molecule has 11 heteroatoms. The molecule has 3 heterocycles. The summed E-state index contributed by atoms with van der Waals surface area (Å²) in [5.74, 6) is 1.04. The third kappa shape index (κ3) is 7.35. The van der Waals surface area contributed by atoms with Gasteiger partial charge in [0.1, 0.15) is 24.0 Å². The van der Waals surface area contributed by atoms with Gasteiger partial charge in [-0.3, -0.25) is 14.8 Å². The smallest absolute Gasteiger partial charge is 0.408 e. The van der Waals surface area contributed by atoms with E-state index in [0.717, 1.165) is 16.5 Å². The monoisotopic (exact) mass is 621 g/mol. The van der Waals surface area contributed by atoms with Crippen molar-refractivity contribution < 1.29 is 28.5 Å². The standard InChI is InChI=1S/C35H35N5O6/c1-35(2,3)46-34(42)40-24(10-21-17-38-29-9-7-6-8-26(21)29)20-45-25-11-22(16-37-19-25)31(41)12-27-23(15-36)18-39-30-14-33(44-5)32(43-4)13-28(27)30/h6-9,11,13-14,16-19,24,38H,10,12,20H2,1-5H3,(H,40,42)/t24-/m1/s1. The van der Waals surface area contributed by atoms with Gasteiger partial charge in [0.2, 0.25) is 0 Å². The number of methoxy groups -OCH3 is 2. The van der Waals surface area contributed by atoms with Gasteiger partial charge in [-0.25, -0.2) is 4.79 Å². The van der Waals surface area contributed by atoms with Crippen LogP contribution in [0.3, 0.4) is 0 Å². The van der Waals surface area contributed by atoms with Crippen molar-refractivity contribution in [3.8, 4) is 23.3 Å². The average Bonchev–Trinajstić information content (AvgIpc) is 3.44. The van der Waals surface area contributed by atoms with Crippen LogP contribution >= 0.6 is 0 Å². The third-order valence-electron chi connectivity index (χ3n) is 7.29. The number of hydrogen-bond donors (Lipinski definition) is 2. The zero-order chi connectivity index (χ0) is 32.8. The molecule has 0 saturated carbocycles. The van der Waals surface area contributed by atoms with Crippen molar-refractivity contribution in [1.29, 1.82) is 5.26 Å². The van der Waals surface area contributed by atoms with Crippen LogP contribution in [0.15, 0.2) is 67.3 Å². The van der Waals surface area contributed by atoms with Crippen molar-refractivity contribution in [3.63, 3.8) is 0 Å². The van der Waals surface area contributed by atoms with Crippen LogP contribution in [-0.2, 0) is 17.6 Å². The molecule has 3 aromatic heterocycles. The van der Waals surface area contributed by atoms with Crippen molar-refractivity contribution in [3.05, 3.63) is 89.5 Å². The number of nitriles is 1. The number of H-pyrrole nitrogens is 1. The highest BCUT2D eigenvalue weighted by Gasteiger charge is 2.22. The summed E-state index contributed by atoms with van der Waals surface area (Å²) >= 11 is 0. The van der Waals surface area contributed by atoms with Crippen molar-refractivity contribution in [2.75, 3.05) is 20.8 Å². The first-order chi connectivity index (χ1) is 22.1. The molecule has 0 fully saturated rings. The molecule has 2 N–H and O–H groups in total. The summed E-state index contributed by atoms with van der Waals surface area (Å²) in [7, 11) is 3.04. The summed E-state index contributed by atoms with van der Waals surface area (Å²) in [6, 6.07) is 14.6. The van der Waals surface area contributed by atoms with Gasteiger partial charge in [-0.15, -0.1) is 0 Å². The molecule has 0 aliphatic heterocycles. The highest BCUT2D eigenvalue weighted by Crippen LogP contribution is 2.34. The normalized spacial score (nSPS) is 11.9. The van der Waals surface area contributed by atoms with Crippen LogP contribution in [0.5, 0.6) is 17.2 Å². The van der Waals surface area contributed by atoms with E-state index in [4.69, 9.17) is 18.9 Å². The van der Waals surface area contributed by atoms with Gasteiger partial charge in [0.05, 0.1) is 37.5 Å². The molecule has 1 atom stereocenters. The minimum atomic E-state index is -0.669. The van der Waals surface area contributed by atoms with Gasteiger partial charge in [0.15, 0.2) is 17.3 Å². The van der Waals surface area contributed by atoms with Crippen LogP contribution in [0.2, 0.25) is 0 Å². The lowest BCUT2D eigenvalue weighted by molar-refractivity contribution is 0.0487. The Morgan fingerprint density at radius 2 is 1.78 bits per heavy atom. The van der Waals surface area contributed by atoms with Gasteiger partial charge < -0.3 is 29.2 Å². The molecule has 5 aromatic rings. The Labute approximate surface area is 266 Å². The van der Waals surface area contributed by atoms with Gasteiger partial charge in [0.25, 0.3) is 0 Å². The van der Waals surface area contributed by atoms with E-state index in [9.17, 15) is 14.9 Å². The zero-order valence-electron chi connectivity index (χ0n) is 26.3. The highest BCUT2D eigenvalue weighted by atomic mass is 16.6. The number of alkyl carbamates (subject to hydrolysis) is 1. The predicted octanol–water partition coefficient (Wildman–Crippen LogP) is 5.94. The largest absolute Gasteiger partial charge is 0.493 e. The van der Waals surface area contributed by atoms with E-state index in [2.05, 4.69) is 26.3 Å². The maximum absolute atomic E-state index is 13.5. The first-order valence-electron chi connectivity index (χ1n) is 14.7. The molecule has 0 bridgehead atoms. The van der Waals surface area contributed by atoms with Crippen LogP contribution in [-0.4, -0.2) is 59.3 Å². The number of amides is 1. The van der Waals surface area contributed by atoms with Crippen LogP contribution in [0.25, 0.3) is 21.8 Å². The summed E-state index contributed by atoms with van der Waals surface area (Å²) in [5.41, 5.74) is 3.00. The number of nitrogens with one attached hydrogen (secondary N) is 2. The Kier molecular flexibility index (Phi) is 9.37. The molecule has 0 radical (unpaired) electrons. The fourth-order valence-corrected chi connectivity index (χ4v) is 5.16. The molecule has 1 amide bonds. The fourth-order valence-electron chi connectivity index (χ4n) is 5.16. The van der Waals surface area contributed by atoms with Crippen LogP contribution in [0.4, 0.5) is 4.79 Å². The number of fused-ring (bicyclic) bond motifs is 2. The lowest BCUT2D eigenvalue weighted by Crippen LogP contribution is -2.43. The lowest BCUT2D eigenvalue weighted by atomic mass is 9.96. The van der Waals surface area contributed by atoms with Crippen molar-refractivity contribution >= 4 is 33.7 Å². The Hall–Kier alpha value is -5.63. The number of hydrogen-bond acceptors (Lipinski definition) is 9. The summed E-state index contributed by atoms with van der Waals surface area (Å²) in [6.07, 6.45) is 6.15. The van der Waals surface area contributed by atoms with Gasteiger partial charge in [0, 0.05) is 52.9 Å². The average molecular weight is 622 g/mol. The quantitative estimate of drug-likeness (QED) is 0.171. The number of para-hydroxylation sites is 1. The minimum absolute atomic E-state index is 0.0775. The van der Waals surface area contributed by atoms with E-state index < -0.39 is 17.7 Å². The summed E-state index contributed by atoms with van der Waals surface area (Å²) in [4.78, 5) is 38.1. The van der Waals surface area contributed by atoms with Crippen LogP contribution < -0.4 is 19.5 Å². The SMILES string of the molecule is COc1cc2ncc(C#N)c(CC(=O)c3cncc(OC[C@@H](Cc4c[nH]c5ccccc45)NC(=O)OC(C)(C)C)c3)c2cc1OC. The molecule has 11 nitrogen and oxygen atoms in total. The molecule has 46 heavy (non-hydrogen) atoms. The number of nitrogens with zero attached hydrogens (tertiary/aromatic N) is 3. The molecular weight excluding hydrogens is 586 g/mol. The Morgan fingerprint density at radius 3 is 2.52 bits per heavy atom. The van der Waals surface area contributed by atoms with Crippen LogP contribution in [0, 0.1) is 11.3 Å². The third-order valence-corrected chi connectivity index (χ3v) is 7.29. The maximum Gasteiger partial charge on any atom is 0.408 e. The van der Waals surface area contributed by atoms with Crippen molar-refractivity contribution in [2.45, 2.75) is 45.3 Å². The topological polar surface area (TPSA) is 148 Å². The number of carbonyl (C=O) groups is 2. The van der Waals surface area contributed by atoms with Gasteiger partial charge in [-0.1, -0.05) is 18.2 Å². The first-order valence-corrected chi connectivity index (χ1v) is 14.7. The number of ether oxygens (including phenoxy) is 4. The number of rotatable bonds is 11. The van der Waals surface area contributed by atoms with E-state index in [-0.39, 0.29) is 24.4 Å². The summed E-state index contributed by atoms with van der Waals surface area (Å²) in [5, 5.41) is 14.4. The number of benzene rings is 2. The maximum atomic E-state index is 13.5. The molecule has 0 aliphatic rings. The molecule has 0 saturated heterocycles. The van der Waals surface area contributed by atoms with E-state index in [1.807, 2.05) is 30.5 Å². The number of carbonyl (C=O) groups excluding carboxylic acids is 2. The number of aromatic nitrogens is 3. The first kappa shape index (κ1) is 31.8. The van der Waals surface area contributed by atoms with Gasteiger partial charge >= 0.3 is 6.09 Å². The fraction of sp³-hybridized carbons (Fsp3) is 0.286. The van der Waals surface area contributed by atoms with E-state index in [0.29, 0.717) is 45.7 Å². The van der Waals surface area contributed by atoms with E-state index in [1.54, 1.807) is 39.0 Å². The molecule has 2 aromatic carbocycles. The van der Waals surface area contributed by atoms with E-state index in [1.165, 1.54) is 32.8 Å². The molecule has 0 aliphatic carbocycles. The Bertz CT molecular complexity index is 1940. The zero-order valence-corrected chi connectivity index (χ0v) is 26.3. The molecule has 5 rings (SSSR count). The van der Waals surface area contributed by atoms with Crippen LogP contribution in [0.1, 0.15) is 47.8 Å². The Morgan fingerprint density at radius 1 is 1.02 bits per heavy atom. The number of aromatic amines is 1.